The summed E-state index contributed by atoms with van der Waals surface area (Å²) in [7, 11) is 1.93. The van der Waals surface area contributed by atoms with E-state index < -0.39 is 0 Å². The highest BCUT2D eigenvalue weighted by Gasteiger charge is 2.32. The molecule has 0 unspecified atom stereocenters. The summed E-state index contributed by atoms with van der Waals surface area (Å²) in [5.41, 5.74) is 11.4. The normalized spacial score (nSPS) is 14.6. The van der Waals surface area contributed by atoms with E-state index in [9.17, 15) is 4.79 Å². The van der Waals surface area contributed by atoms with Gasteiger partial charge in [0.05, 0.1) is 5.69 Å². The molecule has 3 heterocycles. The number of rotatable bonds is 5. The largest absolute Gasteiger partial charge is 0.330 e. The van der Waals surface area contributed by atoms with Crippen LogP contribution in [-0.4, -0.2) is 33.2 Å². The van der Waals surface area contributed by atoms with E-state index in [0.29, 0.717) is 13.1 Å². The van der Waals surface area contributed by atoms with Gasteiger partial charge in [-0.3, -0.25) is 9.48 Å². The summed E-state index contributed by atoms with van der Waals surface area (Å²) in [5, 5.41) is 7.71. The Morgan fingerprint density at radius 3 is 2.86 bits per heavy atom. The van der Waals surface area contributed by atoms with Crippen LogP contribution >= 0.6 is 11.3 Å². The summed E-state index contributed by atoms with van der Waals surface area (Å²) < 4.78 is 3.12. The lowest BCUT2D eigenvalue weighted by Crippen LogP contribution is -2.42. The van der Waals surface area contributed by atoms with Gasteiger partial charge in [-0.1, -0.05) is 24.3 Å². The minimum atomic E-state index is -0.0203. The van der Waals surface area contributed by atoms with Gasteiger partial charge in [0, 0.05) is 48.2 Å². The number of nitrogens with two attached hydrogens (primary N) is 1. The second-order valence-electron chi connectivity index (χ2n) is 7.50. The average molecular weight is 403 g/mol. The van der Waals surface area contributed by atoms with Gasteiger partial charge >= 0.3 is 0 Å². The highest BCUT2D eigenvalue weighted by Crippen LogP contribution is 2.32. The maximum absolute atomic E-state index is 13.1. The third-order valence-corrected chi connectivity index (χ3v) is 6.80. The zero-order chi connectivity index (χ0) is 20.0. The van der Waals surface area contributed by atoms with E-state index in [0.717, 1.165) is 28.8 Å². The lowest BCUT2D eigenvalue weighted by molar-refractivity contribution is 0.0708. The number of fused-ring (bicyclic) bond motifs is 2. The number of aromatic nitrogens is 2. The minimum absolute atomic E-state index is 0.0203. The number of carbonyl (C=O) groups is 1. The van der Waals surface area contributed by atoms with Gasteiger partial charge in [0.15, 0.2) is 0 Å². The lowest BCUT2D eigenvalue weighted by Gasteiger charge is -2.26. The fourth-order valence-corrected chi connectivity index (χ4v) is 5.20. The smallest absolute Gasteiger partial charge is 0.254 e. The second kappa shape index (κ2) is 7.13. The number of benzene rings is 2. The molecule has 0 saturated heterocycles. The van der Waals surface area contributed by atoms with Crippen LogP contribution in [0.25, 0.3) is 21.3 Å². The Morgan fingerprint density at radius 1 is 1.21 bits per heavy atom. The highest BCUT2D eigenvalue weighted by atomic mass is 32.1. The Bertz CT molecular complexity index is 1210. The molecule has 1 amide bonds. The van der Waals surface area contributed by atoms with Gasteiger partial charge in [-0.25, -0.2) is 0 Å². The van der Waals surface area contributed by atoms with Crippen LogP contribution in [0.4, 0.5) is 0 Å². The van der Waals surface area contributed by atoms with Crippen molar-refractivity contribution in [1.82, 2.24) is 14.7 Å². The van der Waals surface area contributed by atoms with Crippen molar-refractivity contribution in [3.63, 3.8) is 0 Å². The maximum atomic E-state index is 13.1. The minimum Gasteiger partial charge on any atom is -0.330 e. The monoisotopic (exact) mass is 402 g/mol. The molecule has 2 aromatic heterocycles. The number of nitrogens with zero attached hydrogens (tertiary/aromatic N) is 3. The first-order valence-electron chi connectivity index (χ1n) is 9.73. The Labute approximate surface area is 173 Å². The molecular weight excluding hydrogens is 380 g/mol. The number of carbonyl (C=O) groups excluding carboxylic acids is 1. The number of aryl methyl sites for hydroxylation is 1. The fourth-order valence-electron chi connectivity index (χ4n) is 4.22. The van der Waals surface area contributed by atoms with Gasteiger partial charge in [0.1, 0.15) is 0 Å². The summed E-state index contributed by atoms with van der Waals surface area (Å²) >= 11 is 1.75. The molecule has 29 heavy (non-hydrogen) atoms. The van der Waals surface area contributed by atoms with Crippen LogP contribution in [0.3, 0.4) is 0 Å². The van der Waals surface area contributed by atoms with Gasteiger partial charge in [0.25, 0.3) is 5.91 Å². The maximum Gasteiger partial charge on any atom is 0.254 e. The summed E-state index contributed by atoms with van der Waals surface area (Å²) in [4.78, 5) is 15.0. The Kier molecular flexibility index (Phi) is 4.45. The van der Waals surface area contributed by atoms with Gasteiger partial charge in [-0.2, -0.15) is 5.10 Å². The van der Waals surface area contributed by atoms with E-state index in [1.165, 1.54) is 15.6 Å². The van der Waals surface area contributed by atoms with Crippen LogP contribution < -0.4 is 5.73 Å². The van der Waals surface area contributed by atoms with Crippen molar-refractivity contribution in [2.45, 2.75) is 19.0 Å². The van der Waals surface area contributed by atoms with Crippen LogP contribution in [-0.2, 0) is 20.0 Å². The van der Waals surface area contributed by atoms with Gasteiger partial charge in [-0.05, 0) is 52.6 Å². The van der Waals surface area contributed by atoms with E-state index in [4.69, 9.17) is 5.73 Å². The van der Waals surface area contributed by atoms with Gasteiger partial charge in [-0.15, -0.1) is 11.3 Å². The molecule has 5 rings (SSSR count). The molecule has 0 saturated carbocycles. The standard InChI is InChI=1S/C23H22N4OS/c1-26-21(8-9-25-26)15-6-7-20-16(10-15)13-27(23(20)28)18(12-24)11-17-14-29-22-5-3-2-4-19(17)22/h2-10,14,18H,11-13,24H2,1H3/t18-/m0/s1. The first-order valence-corrected chi connectivity index (χ1v) is 10.6. The number of amides is 1. The molecule has 2 aromatic carbocycles. The van der Waals surface area contributed by atoms with Crippen LogP contribution in [0.2, 0.25) is 0 Å². The van der Waals surface area contributed by atoms with Crippen molar-refractivity contribution in [2.75, 3.05) is 6.54 Å². The Hall–Kier alpha value is -2.96. The topological polar surface area (TPSA) is 64.2 Å². The van der Waals surface area contributed by atoms with Crippen molar-refractivity contribution in [3.8, 4) is 11.3 Å². The molecule has 1 atom stereocenters. The van der Waals surface area contributed by atoms with Crippen LogP contribution in [0.5, 0.6) is 0 Å². The zero-order valence-electron chi connectivity index (χ0n) is 16.2. The molecule has 0 aliphatic carbocycles. The summed E-state index contributed by atoms with van der Waals surface area (Å²) in [6.45, 7) is 1.04. The second-order valence-corrected chi connectivity index (χ2v) is 8.41. The first-order chi connectivity index (χ1) is 14.2. The van der Waals surface area contributed by atoms with E-state index in [1.54, 1.807) is 17.5 Å². The molecule has 146 valence electrons. The SMILES string of the molecule is Cn1nccc1-c1ccc2c(c1)CN([C@H](CN)Cc1csc3ccccc13)C2=O. The van der Waals surface area contributed by atoms with Crippen molar-refractivity contribution in [2.24, 2.45) is 12.8 Å². The number of hydrogen-bond donors (Lipinski definition) is 1. The number of thiophene rings is 1. The average Bonchev–Trinajstić information content (AvgIpc) is 3.43. The molecule has 0 fully saturated rings. The van der Waals surface area contributed by atoms with Crippen LogP contribution in [0.15, 0.2) is 60.1 Å². The van der Waals surface area contributed by atoms with Crippen molar-refractivity contribution < 1.29 is 4.79 Å². The summed E-state index contributed by atoms with van der Waals surface area (Å²) in [6.07, 6.45) is 2.56. The third kappa shape index (κ3) is 3.05. The molecule has 0 radical (unpaired) electrons. The molecule has 1 aliphatic rings. The molecule has 1 aliphatic heterocycles. The molecule has 4 aromatic rings. The predicted molar refractivity (Wildman–Crippen MR) is 117 cm³/mol. The van der Waals surface area contributed by atoms with Crippen molar-refractivity contribution >= 4 is 27.3 Å². The molecule has 0 bridgehead atoms. The van der Waals surface area contributed by atoms with Crippen molar-refractivity contribution in [1.29, 1.82) is 0 Å². The van der Waals surface area contributed by atoms with E-state index >= 15 is 0 Å². The predicted octanol–water partition coefficient (Wildman–Crippen LogP) is 3.83. The van der Waals surface area contributed by atoms with E-state index in [1.807, 2.05) is 34.8 Å². The fraction of sp³-hybridized carbons (Fsp3) is 0.217. The van der Waals surface area contributed by atoms with Crippen LogP contribution in [0, 0.1) is 0 Å². The lowest BCUT2D eigenvalue weighted by atomic mass is 10.0. The molecule has 5 nitrogen and oxygen atoms in total. The van der Waals surface area contributed by atoms with Gasteiger partial charge < -0.3 is 10.6 Å². The zero-order valence-corrected chi connectivity index (χ0v) is 17.0. The first kappa shape index (κ1) is 18.1. The molecule has 6 heteroatoms. The van der Waals surface area contributed by atoms with E-state index in [2.05, 4.69) is 40.8 Å². The highest BCUT2D eigenvalue weighted by molar-refractivity contribution is 7.17. The molecule has 2 N–H and O–H groups in total. The summed E-state index contributed by atoms with van der Waals surface area (Å²) in [5.74, 6) is 0.0755. The Morgan fingerprint density at radius 2 is 2.07 bits per heavy atom. The van der Waals surface area contributed by atoms with Crippen LogP contribution in [0.1, 0.15) is 21.5 Å². The third-order valence-electron chi connectivity index (χ3n) is 5.78. The quantitative estimate of drug-likeness (QED) is 0.552. The van der Waals surface area contributed by atoms with E-state index in [-0.39, 0.29) is 11.9 Å². The molecular formula is C23H22N4OS. The molecule has 0 spiro atoms. The van der Waals surface area contributed by atoms with Gasteiger partial charge in [0.2, 0.25) is 0 Å². The van der Waals surface area contributed by atoms with Crippen molar-refractivity contribution in [3.05, 3.63) is 76.8 Å². The number of hydrogen-bond acceptors (Lipinski definition) is 4. The Balaban J connectivity index is 1.43. The summed E-state index contributed by atoms with van der Waals surface area (Å²) in [6, 6.07) is 16.4.